The Morgan fingerprint density at radius 1 is 0.919 bits per heavy atom. The number of hydrogen-bond acceptors (Lipinski definition) is 5. The fourth-order valence-electron chi connectivity index (χ4n) is 4.08. The normalized spacial score (nSPS) is 10.9. The zero-order valence-corrected chi connectivity index (χ0v) is 21.5. The van der Waals surface area contributed by atoms with E-state index >= 15 is 0 Å². The van der Waals surface area contributed by atoms with Crippen LogP contribution in [-0.4, -0.2) is 23.8 Å². The number of aryl methyl sites for hydroxylation is 1. The van der Waals surface area contributed by atoms with E-state index in [2.05, 4.69) is 11.8 Å². The number of nitrogens with zero attached hydrogens (tertiary/aromatic N) is 2. The van der Waals surface area contributed by atoms with E-state index in [-0.39, 0.29) is 5.56 Å². The van der Waals surface area contributed by atoms with E-state index in [1.54, 1.807) is 36.2 Å². The third kappa shape index (κ3) is 5.04. The Bertz CT molecular complexity index is 1740. The van der Waals surface area contributed by atoms with Gasteiger partial charge in [-0.05, 0) is 78.6 Å². The molecule has 0 saturated carbocycles. The van der Waals surface area contributed by atoms with E-state index in [9.17, 15) is 4.79 Å². The summed E-state index contributed by atoms with van der Waals surface area (Å²) in [7, 11) is 3.23. The first-order valence-electron chi connectivity index (χ1n) is 11.7. The quantitative estimate of drug-likeness (QED) is 0.262. The average molecular weight is 505 g/mol. The average Bonchev–Trinajstić information content (AvgIpc) is 3.45. The molecule has 2 aromatic heterocycles. The molecule has 0 bridgehead atoms. The van der Waals surface area contributed by atoms with Crippen molar-refractivity contribution >= 4 is 34.4 Å². The highest BCUT2D eigenvalue weighted by molar-refractivity contribution is 7.10. The van der Waals surface area contributed by atoms with Gasteiger partial charge in [0, 0.05) is 17.2 Å². The van der Waals surface area contributed by atoms with Gasteiger partial charge in [0.25, 0.3) is 5.56 Å². The molecule has 182 valence electrons. The molecule has 5 aromatic rings. The van der Waals surface area contributed by atoms with Gasteiger partial charge in [0.2, 0.25) is 0 Å². The number of thiophene rings is 1. The topological polar surface area (TPSA) is 53.3 Å². The maximum atomic E-state index is 13.7. The van der Waals surface area contributed by atoms with Crippen LogP contribution < -0.4 is 15.0 Å². The number of ether oxygens (including phenoxy) is 2. The third-order valence-electron chi connectivity index (χ3n) is 5.94. The van der Waals surface area contributed by atoms with E-state index in [0.29, 0.717) is 28.2 Å². The Morgan fingerprint density at radius 2 is 1.78 bits per heavy atom. The van der Waals surface area contributed by atoms with Gasteiger partial charge in [-0.1, -0.05) is 30.0 Å². The lowest BCUT2D eigenvalue weighted by molar-refractivity contribution is 0.394. The smallest absolute Gasteiger partial charge is 0.266 e. The monoisotopic (exact) mass is 504 g/mol. The minimum atomic E-state index is -0.132. The maximum Gasteiger partial charge on any atom is 0.266 e. The van der Waals surface area contributed by atoms with Crippen molar-refractivity contribution < 1.29 is 9.47 Å². The van der Waals surface area contributed by atoms with Gasteiger partial charge < -0.3 is 9.47 Å². The van der Waals surface area contributed by atoms with E-state index in [0.717, 1.165) is 27.3 Å². The number of aromatic nitrogens is 2. The summed E-state index contributed by atoms with van der Waals surface area (Å²) in [5, 5.41) is 2.57. The second kappa shape index (κ2) is 10.6. The second-order valence-corrected chi connectivity index (χ2v) is 9.25. The van der Waals surface area contributed by atoms with Gasteiger partial charge >= 0.3 is 0 Å². The van der Waals surface area contributed by atoms with Gasteiger partial charge in [-0.15, -0.1) is 11.3 Å². The van der Waals surface area contributed by atoms with Crippen molar-refractivity contribution in [1.29, 1.82) is 0 Å². The highest BCUT2D eigenvalue weighted by Crippen LogP contribution is 2.27. The van der Waals surface area contributed by atoms with Crippen LogP contribution >= 0.6 is 11.3 Å². The van der Waals surface area contributed by atoms with Crippen LogP contribution in [0.2, 0.25) is 0 Å². The van der Waals surface area contributed by atoms with Crippen molar-refractivity contribution in [1.82, 2.24) is 9.55 Å². The van der Waals surface area contributed by atoms with Crippen LogP contribution in [0.4, 0.5) is 0 Å². The van der Waals surface area contributed by atoms with Gasteiger partial charge in [0.05, 0.1) is 35.7 Å². The number of hydrogen-bond donors (Lipinski definition) is 0. The van der Waals surface area contributed by atoms with Crippen molar-refractivity contribution in [3.8, 4) is 29.0 Å². The molecule has 0 fully saturated rings. The molecule has 0 aliphatic heterocycles. The maximum absolute atomic E-state index is 13.7. The molecule has 37 heavy (non-hydrogen) atoms. The van der Waals surface area contributed by atoms with Crippen LogP contribution in [-0.2, 0) is 0 Å². The lowest BCUT2D eigenvalue weighted by Crippen LogP contribution is -2.23. The highest BCUT2D eigenvalue weighted by Gasteiger charge is 2.13. The molecule has 5 nitrogen and oxygen atoms in total. The first-order valence-corrected chi connectivity index (χ1v) is 12.5. The summed E-state index contributed by atoms with van der Waals surface area (Å²) in [6, 6.07) is 22.8. The second-order valence-electron chi connectivity index (χ2n) is 8.30. The zero-order valence-electron chi connectivity index (χ0n) is 20.7. The van der Waals surface area contributed by atoms with E-state index in [4.69, 9.17) is 14.5 Å². The Hall–Kier alpha value is -4.60. The van der Waals surface area contributed by atoms with E-state index in [1.807, 2.05) is 91.2 Å². The van der Waals surface area contributed by atoms with Crippen LogP contribution in [0.1, 0.15) is 27.4 Å². The van der Waals surface area contributed by atoms with Gasteiger partial charge in [0.15, 0.2) is 0 Å². The molecular weight excluding hydrogens is 480 g/mol. The molecule has 0 aliphatic rings. The molecule has 0 aliphatic carbocycles. The van der Waals surface area contributed by atoms with Crippen LogP contribution in [0.3, 0.4) is 0 Å². The summed E-state index contributed by atoms with van der Waals surface area (Å²) in [5.41, 5.74) is 3.92. The molecular formula is C31H24N2O3S. The number of benzene rings is 3. The Morgan fingerprint density at radius 3 is 2.54 bits per heavy atom. The fourth-order valence-corrected chi connectivity index (χ4v) is 4.65. The van der Waals surface area contributed by atoms with Gasteiger partial charge in [0.1, 0.15) is 17.3 Å². The highest BCUT2D eigenvalue weighted by atomic mass is 32.1. The minimum Gasteiger partial charge on any atom is -0.497 e. The molecule has 0 radical (unpaired) electrons. The number of methoxy groups -OCH3 is 2. The standard InChI is InChI=1S/C31H24N2O3S/c1-21-19-22(10-15-25-7-6-18-37-25)11-16-28(21)33-30(32-27-9-5-4-8-26(27)31(33)34)17-13-23-12-14-24(35-2)20-29(23)36-3/h4-9,11-14,16-20H,1-3H3. The van der Waals surface area contributed by atoms with Crippen LogP contribution in [0.5, 0.6) is 11.5 Å². The fraction of sp³-hybridized carbons (Fsp3) is 0.0968. The predicted octanol–water partition coefficient (Wildman–Crippen LogP) is 6.34. The summed E-state index contributed by atoms with van der Waals surface area (Å²) in [6.45, 7) is 1.98. The van der Waals surface area contributed by atoms with Crippen molar-refractivity contribution in [3.05, 3.63) is 116 Å². The Labute approximate surface area is 219 Å². The lowest BCUT2D eigenvalue weighted by Gasteiger charge is -2.14. The molecule has 2 heterocycles. The van der Waals surface area contributed by atoms with Crippen LogP contribution in [0.25, 0.3) is 28.7 Å². The van der Waals surface area contributed by atoms with E-state index < -0.39 is 0 Å². The molecule has 6 heteroatoms. The summed E-state index contributed by atoms with van der Waals surface area (Å²) >= 11 is 1.61. The minimum absolute atomic E-state index is 0.132. The molecule has 0 spiro atoms. The zero-order chi connectivity index (χ0) is 25.8. The largest absolute Gasteiger partial charge is 0.497 e. The van der Waals surface area contributed by atoms with Crippen molar-refractivity contribution in [2.24, 2.45) is 0 Å². The molecule has 5 rings (SSSR count). The van der Waals surface area contributed by atoms with Gasteiger partial charge in [-0.3, -0.25) is 9.36 Å². The number of para-hydroxylation sites is 1. The van der Waals surface area contributed by atoms with Crippen molar-refractivity contribution in [2.45, 2.75) is 6.92 Å². The van der Waals surface area contributed by atoms with Crippen molar-refractivity contribution in [3.63, 3.8) is 0 Å². The number of rotatable bonds is 5. The SMILES string of the molecule is COc1ccc(C=Cc2nc3ccccc3c(=O)n2-c2ccc(C#Cc3cccs3)cc2C)c(OC)c1. The third-order valence-corrected chi connectivity index (χ3v) is 6.73. The first kappa shape index (κ1) is 24.1. The van der Waals surface area contributed by atoms with E-state index in [1.165, 1.54) is 0 Å². The summed E-state index contributed by atoms with van der Waals surface area (Å²) in [5.74, 6) is 8.28. The Kier molecular flexibility index (Phi) is 6.89. The Balaban J connectivity index is 1.63. The summed E-state index contributed by atoms with van der Waals surface area (Å²) < 4.78 is 12.5. The molecule has 0 unspecified atom stereocenters. The molecule has 0 atom stereocenters. The summed E-state index contributed by atoms with van der Waals surface area (Å²) in [4.78, 5) is 19.6. The van der Waals surface area contributed by atoms with Crippen LogP contribution in [0, 0.1) is 18.8 Å². The van der Waals surface area contributed by atoms with Crippen molar-refractivity contribution in [2.75, 3.05) is 14.2 Å². The van der Waals surface area contributed by atoms with Gasteiger partial charge in [-0.2, -0.15) is 0 Å². The number of fused-ring (bicyclic) bond motifs is 1. The van der Waals surface area contributed by atoms with Crippen LogP contribution in [0.15, 0.2) is 83.0 Å². The molecule has 0 amide bonds. The lowest BCUT2D eigenvalue weighted by atomic mass is 10.1. The summed E-state index contributed by atoms with van der Waals surface area (Å²) in [6.07, 6.45) is 3.73. The molecule has 0 saturated heterocycles. The molecule has 3 aromatic carbocycles. The van der Waals surface area contributed by atoms with Gasteiger partial charge in [-0.25, -0.2) is 4.98 Å². The molecule has 0 N–H and O–H groups in total. The first-order chi connectivity index (χ1) is 18.1. The predicted molar refractivity (Wildman–Crippen MR) is 151 cm³/mol.